The first kappa shape index (κ1) is 19.5. The molecule has 0 saturated carbocycles. The topological polar surface area (TPSA) is 83.9 Å². The highest BCUT2D eigenvalue weighted by atomic mass is 79.9. The molecule has 0 atom stereocenters. The first-order valence-corrected chi connectivity index (χ1v) is 12.1. The molecule has 0 aliphatic carbocycles. The molecule has 30 heavy (non-hydrogen) atoms. The zero-order chi connectivity index (χ0) is 20.9. The molecule has 1 N–H and O–H groups in total. The van der Waals surface area contributed by atoms with Gasteiger partial charge < -0.3 is 9.17 Å². The largest absolute Gasteiger partial charge is 0.377 e. The molecule has 0 bridgehead atoms. The summed E-state index contributed by atoms with van der Waals surface area (Å²) in [5.74, 6) is 0.266. The molecule has 5 rings (SSSR count). The molecule has 2 aliphatic rings. The lowest BCUT2D eigenvalue weighted by molar-refractivity contribution is 0.488. The maximum atomic E-state index is 12.9. The summed E-state index contributed by atoms with van der Waals surface area (Å²) in [4.78, 5) is 12.8. The van der Waals surface area contributed by atoms with Gasteiger partial charge in [-0.05, 0) is 56.0 Å². The van der Waals surface area contributed by atoms with Crippen molar-refractivity contribution < 1.29 is 12.6 Å². The van der Waals surface area contributed by atoms with E-state index < -0.39 is 10.1 Å². The van der Waals surface area contributed by atoms with Crippen LogP contribution in [0.1, 0.15) is 29.7 Å². The molecular formula is C22H20BrN3O3S. The van der Waals surface area contributed by atoms with Gasteiger partial charge in [-0.1, -0.05) is 33.6 Å². The number of nitrogens with zero attached hydrogens (tertiary/aromatic N) is 2. The maximum absolute atomic E-state index is 12.9. The number of aromatic amines is 1. The van der Waals surface area contributed by atoms with Gasteiger partial charge >= 0.3 is 10.1 Å². The van der Waals surface area contributed by atoms with Gasteiger partial charge in [-0.3, -0.25) is 9.98 Å². The smallest absolute Gasteiger partial charge is 0.339 e. The number of hydrogen-bond donors (Lipinski definition) is 1. The lowest BCUT2D eigenvalue weighted by atomic mass is 9.99. The fraction of sp³-hybridized carbons (Fsp3) is 0.273. The van der Waals surface area contributed by atoms with Gasteiger partial charge in [0.2, 0.25) is 0 Å². The predicted octanol–water partition coefficient (Wildman–Crippen LogP) is 4.59. The standard InChI is InChI=1S/C22H20BrN3O3S/c1-13-4-6-15(7-5-13)30(27,28)29-19-12-14(23)11-17-16-8-10-25-22(18-3-2-9-24-18)21(16)26-20(17)19/h4-7,11-12,26H,2-3,8-10H2,1H3. The number of fused-ring (bicyclic) bond motifs is 3. The first-order chi connectivity index (χ1) is 14.4. The van der Waals surface area contributed by atoms with Crippen LogP contribution < -0.4 is 4.18 Å². The van der Waals surface area contributed by atoms with Gasteiger partial charge in [0.05, 0.1) is 16.9 Å². The van der Waals surface area contributed by atoms with Crippen LogP contribution in [0.3, 0.4) is 0 Å². The zero-order valence-electron chi connectivity index (χ0n) is 16.4. The number of aryl methyl sites for hydroxylation is 1. The third-order valence-electron chi connectivity index (χ3n) is 5.47. The lowest BCUT2D eigenvalue weighted by Gasteiger charge is -2.13. The summed E-state index contributed by atoms with van der Waals surface area (Å²) in [6, 6.07) is 10.3. The molecule has 2 aliphatic heterocycles. The van der Waals surface area contributed by atoms with Crippen molar-refractivity contribution in [2.45, 2.75) is 31.1 Å². The summed E-state index contributed by atoms with van der Waals surface area (Å²) in [5.41, 5.74) is 5.62. The van der Waals surface area contributed by atoms with Crippen molar-refractivity contribution in [1.82, 2.24) is 4.98 Å². The number of H-pyrrole nitrogens is 1. The molecule has 0 spiro atoms. The minimum absolute atomic E-state index is 0.125. The van der Waals surface area contributed by atoms with Crippen molar-refractivity contribution >= 4 is 48.4 Å². The van der Waals surface area contributed by atoms with Crippen molar-refractivity contribution in [3.8, 4) is 5.75 Å². The normalized spacial score (nSPS) is 16.3. The predicted molar refractivity (Wildman–Crippen MR) is 122 cm³/mol. The number of halogens is 1. The van der Waals surface area contributed by atoms with Crippen LogP contribution in [-0.4, -0.2) is 37.9 Å². The molecule has 0 unspecified atom stereocenters. The van der Waals surface area contributed by atoms with Gasteiger partial charge in [0.25, 0.3) is 0 Å². The molecule has 8 heteroatoms. The zero-order valence-corrected chi connectivity index (χ0v) is 18.8. The Morgan fingerprint density at radius 1 is 1.07 bits per heavy atom. The van der Waals surface area contributed by atoms with E-state index in [4.69, 9.17) is 9.18 Å². The van der Waals surface area contributed by atoms with E-state index >= 15 is 0 Å². The Morgan fingerprint density at radius 3 is 2.60 bits per heavy atom. The second kappa shape index (κ2) is 7.35. The van der Waals surface area contributed by atoms with Gasteiger partial charge in [-0.2, -0.15) is 8.42 Å². The number of aromatic nitrogens is 1. The molecule has 3 heterocycles. The third kappa shape index (κ3) is 3.37. The van der Waals surface area contributed by atoms with E-state index in [1.54, 1.807) is 30.3 Å². The van der Waals surface area contributed by atoms with Crippen molar-refractivity contribution in [1.29, 1.82) is 0 Å². The molecule has 0 saturated heterocycles. The van der Waals surface area contributed by atoms with Crippen LogP contribution in [-0.2, 0) is 16.5 Å². The summed E-state index contributed by atoms with van der Waals surface area (Å²) < 4.78 is 32.1. The molecule has 1 aromatic heterocycles. The molecule has 0 fully saturated rings. The quantitative estimate of drug-likeness (QED) is 0.548. The van der Waals surface area contributed by atoms with Crippen molar-refractivity contribution in [3.05, 3.63) is 57.7 Å². The number of benzene rings is 2. The SMILES string of the molecule is Cc1ccc(S(=O)(=O)Oc2cc(Br)cc3c4c([nH]c23)C(C2=NCCC2)=NCC4)cc1. The highest BCUT2D eigenvalue weighted by Crippen LogP contribution is 2.37. The van der Waals surface area contributed by atoms with Crippen LogP contribution in [0.5, 0.6) is 5.75 Å². The van der Waals surface area contributed by atoms with Crippen LogP contribution in [0.4, 0.5) is 0 Å². The van der Waals surface area contributed by atoms with E-state index in [0.29, 0.717) is 12.1 Å². The van der Waals surface area contributed by atoms with Crippen LogP contribution in [0, 0.1) is 6.92 Å². The first-order valence-electron chi connectivity index (χ1n) is 9.86. The number of aliphatic imine (C=N–C) groups is 2. The highest BCUT2D eigenvalue weighted by Gasteiger charge is 2.27. The van der Waals surface area contributed by atoms with E-state index in [0.717, 1.165) is 63.9 Å². The summed E-state index contributed by atoms with van der Waals surface area (Å²) in [5, 5.41) is 0.944. The maximum Gasteiger partial charge on any atom is 0.339 e. The van der Waals surface area contributed by atoms with E-state index in [1.165, 1.54) is 0 Å². The Hall–Kier alpha value is -2.45. The van der Waals surface area contributed by atoms with E-state index in [1.807, 2.05) is 13.0 Å². The van der Waals surface area contributed by atoms with Gasteiger partial charge in [0.1, 0.15) is 10.6 Å². The Balaban J connectivity index is 1.62. The van der Waals surface area contributed by atoms with Gasteiger partial charge in [-0.15, -0.1) is 0 Å². The summed E-state index contributed by atoms with van der Waals surface area (Å²) in [6.07, 6.45) is 2.74. The van der Waals surface area contributed by atoms with Crippen LogP contribution in [0.25, 0.3) is 10.9 Å². The summed E-state index contributed by atoms with van der Waals surface area (Å²) in [6.45, 7) is 3.43. The average Bonchev–Trinajstić information content (AvgIpc) is 3.36. The Morgan fingerprint density at radius 2 is 1.87 bits per heavy atom. The number of rotatable bonds is 4. The molecule has 6 nitrogen and oxygen atoms in total. The van der Waals surface area contributed by atoms with Crippen LogP contribution >= 0.6 is 15.9 Å². The fourth-order valence-electron chi connectivity index (χ4n) is 4.01. The van der Waals surface area contributed by atoms with Gasteiger partial charge in [0, 0.05) is 22.9 Å². The third-order valence-corrected chi connectivity index (χ3v) is 7.18. The molecule has 3 aromatic rings. The monoisotopic (exact) mass is 485 g/mol. The Kier molecular flexibility index (Phi) is 4.78. The van der Waals surface area contributed by atoms with Gasteiger partial charge in [-0.25, -0.2) is 0 Å². The van der Waals surface area contributed by atoms with Crippen molar-refractivity contribution in [2.75, 3.05) is 13.1 Å². The van der Waals surface area contributed by atoms with Crippen molar-refractivity contribution in [2.24, 2.45) is 9.98 Å². The van der Waals surface area contributed by atoms with Crippen LogP contribution in [0.15, 0.2) is 55.8 Å². The van der Waals surface area contributed by atoms with Crippen LogP contribution in [0.2, 0.25) is 0 Å². The average molecular weight is 486 g/mol. The fourth-order valence-corrected chi connectivity index (χ4v) is 5.38. The Bertz CT molecular complexity index is 1320. The number of nitrogens with one attached hydrogen (secondary N) is 1. The van der Waals surface area contributed by atoms with E-state index in [-0.39, 0.29) is 10.6 Å². The van der Waals surface area contributed by atoms with Gasteiger partial charge in [0.15, 0.2) is 5.75 Å². The molecule has 0 radical (unpaired) electrons. The lowest BCUT2D eigenvalue weighted by Crippen LogP contribution is -2.20. The molecule has 0 amide bonds. The minimum Gasteiger partial charge on any atom is -0.377 e. The molecule has 2 aromatic carbocycles. The number of hydrogen-bond acceptors (Lipinski definition) is 5. The van der Waals surface area contributed by atoms with E-state index in [9.17, 15) is 8.42 Å². The summed E-state index contributed by atoms with van der Waals surface area (Å²) in [7, 11) is -3.96. The highest BCUT2D eigenvalue weighted by molar-refractivity contribution is 9.10. The molecular weight excluding hydrogens is 466 g/mol. The second-order valence-corrected chi connectivity index (χ2v) is 10.0. The Labute approximate surface area is 183 Å². The molecule has 154 valence electrons. The summed E-state index contributed by atoms with van der Waals surface area (Å²) >= 11 is 3.51. The second-order valence-electron chi connectivity index (χ2n) is 7.57. The van der Waals surface area contributed by atoms with E-state index in [2.05, 4.69) is 25.9 Å². The minimum atomic E-state index is -3.96. The van der Waals surface area contributed by atoms with Crippen molar-refractivity contribution in [3.63, 3.8) is 0 Å².